The van der Waals surface area contributed by atoms with E-state index in [1.807, 2.05) is 20.8 Å². The molecule has 0 N–H and O–H groups in total. The molecule has 7 heteroatoms. The van der Waals surface area contributed by atoms with Crippen LogP contribution in [0.2, 0.25) is 10.0 Å². The highest BCUT2D eigenvalue weighted by Crippen LogP contribution is 2.40. The van der Waals surface area contributed by atoms with Crippen molar-refractivity contribution in [2.75, 3.05) is 38.2 Å². The maximum atomic E-state index is 12.1. The number of hydrogen-bond acceptors (Lipinski definition) is 4. The minimum Gasteiger partial charge on any atom is -0.495 e. The number of carbonyl (C=O) groups excluding carboxylic acids is 1. The number of anilines is 1. The van der Waals surface area contributed by atoms with Crippen molar-refractivity contribution in [1.82, 2.24) is 4.90 Å². The Labute approximate surface area is 147 Å². The van der Waals surface area contributed by atoms with Crippen molar-refractivity contribution in [1.29, 1.82) is 0 Å². The van der Waals surface area contributed by atoms with Gasteiger partial charge in [0.15, 0.2) is 0 Å². The van der Waals surface area contributed by atoms with E-state index in [4.69, 9.17) is 32.7 Å². The molecule has 23 heavy (non-hydrogen) atoms. The van der Waals surface area contributed by atoms with Gasteiger partial charge < -0.3 is 19.3 Å². The van der Waals surface area contributed by atoms with Crippen LogP contribution in [0.25, 0.3) is 0 Å². The number of nitrogens with zero attached hydrogens (tertiary/aromatic N) is 2. The summed E-state index contributed by atoms with van der Waals surface area (Å²) in [6.07, 6.45) is -0.290. The summed E-state index contributed by atoms with van der Waals surface area (Å²) in [4.78, 5) is 15.9. The number of amides is 1. The first kappa shape index (κ1) is 18.0. The molecule has 0 aliphatic carbocycles. The number of halogens is 2. The van der Waals surface area contributed by atoms with Crippen LogP contribution in [0.15, 0.2) is 12.1 Å². The fraction of sp³-hybridized carbons (Fsp3) is 0.562. The number of benzene rings is 1. The number of hydrogen-bond donors (Lipinski definition) is 0. The Morgan fingerprint density at radius 1 is 1.13 bits per heavy atom. The Morgan fingerprint density at radius 3 is 2.26 bits per heavy atom. The predicted molar refractivity (Wildman–Crippen MR) is 93.0 cm³/mol. The smallest absolute Gasteiger partial charge is 0.410 e. The first-order chi connectivity index (χ1) is 10.7. The lowest BCUT2D eigenvalue weighted by molar-refractivity contribution is 0.0240. The van der Waals surface area contributed by atoms with Crippen LogP contribution in [0.4, 0.5) is 10.5 Å². The van der Waals surface area contributed by atoms with Gasteiger partial charge in [-0.2, -0.15) is 0 Å². The summed E-state index contributed by atoms with van der Waals surface area (Å²) in [5.41, 5.74) is 0.277. The van der Waals surface area contributed by atoms with E-state index in [9.17, 15) is 4.79 Å². The number of carbonyl (C=O) groups is 1. The van der Waals surface area contributed by atoms with Crippen LogP contribution in [0.5, 0.6) is 5.75 Å². The summed E-state index contributed by atoms with van der Waals surface area (Å²) in [5.74, 6) is 0.671. The summed E-state index contributed by atoms with van der Waals surface area (Å²) < 4.78 is 10.8. The number of piperazine rings is 1. The van der Waals surface area contributed by atoms with Gasteiger partial charge in [0.1, 0.15) is 11.4 Å². The lowest BCUT2D eigenvalue weighted by atomic mass is 10.2. The molecule has 1 aromatic rings. The summed E-state index contributed by atoms with van der Waals surface area (Å²) in [7, 11) is 1.60. The minimum atomic E-state index is -0.492. The maximum Gasteiger partial charge on any atom is 0.410 e. The van der Waals surface area contributed by atoms with E-state index in [1.54, 1.807) is 24.1 Å². The molecule has 0 saturated carbocycles. The molecule has 1 aliphatic rings. The van der Waals surface area contributed by atoms with Crippen molar-refractivity contribution in [2.24, 2.45) is 0 Å². The Hall–Kier alpha value is -1.33. The van der Waals surface area contributed by atoms with Gasteiger partial charge in [0.25, 0.3) is 0 Å². The van der Waals surface area contributed by atoms with Crippen molar-refractivity contribution in [3.05, 3.63) is 22.2 Å². The van der Waals surface area contributed by atoms with Crippen LogP contribution in [-0.2, 0) is 4.74 Å². The predicted octanol–water partition coefficient (Wildman–Crippen LogP) is 4.06. The third-order valence-electron chi connectivity index (χ3n) is 3.50. The Kier molecular flexibility index (Phi) is 5.53. The van der Waals surface area contributed by atoms with Crippen LogP contribution in [0.3, 0.4) is 0 Å². The second-order valence-electron chi connectivity index (χ2n) is 6.37. The summed E-state index contributed by atoms with van der Waals surface area (Å²) in [5, 5.41) is 0.953. The van der Waals surface area contributed by atoms with Gasteiger partial charge in [-0.05, 0) is 32.9 Å². The molecule has 1 saturated heterocycles. The number of ether oxygens (including phenoxy) is 2. The molecule has 1 fully saturated rings. The lowest BCUT2D eigenvalue weighted by Crippen LogP contribution is -2.50. The van der Waals surface area contributed by atoms with Crippen LogP contribution in [-0.4, -0.2) is 49.9 Å². The van der Waals surface area contributed by atoms with Crippen LogP contribution < -0.4 is 9.64 Å². The maximum absolute atomic E-state index is 12.1. The van der Waals surface area contributed by atoms with Crippen molar-refractivity contribution >= 4 is 35.0 Å². The first-order valence-corrected chi connectivity index (χ1v) is 8.23. The monoisotopic (exact) mass is 360 g/mol. The zero-order valence-corrected chi connectivity index (χ0v) is 15.4. The highest BCUT2D eigenvalue weighted by Gasteiger charge is 2.28. The van der Waals surface area contributed by atoms with Gasteiger partial charge in [-0.15, -0.1) is 0 Å². The average molecular weight is 361 g/mol. The Balaban J connectivity index is 2.08. The molecule has 0 aromatic heterocycles. The SMILES string of the molecule is COc1ccc(Cl)c(Cl)c1N1CCN(C(=O)OC(C)(C)C)CC1. The van der Waals surface area contributed by atoms with Crippen molar-refractivity contribution < 1.29 is 14.3 Å². The summed E-state index contributed by atoms with van der Waals surface area (Å²) in [6, 6.07) is 3.51. The second kappa shape index (κ2) is 7.05. The third kappa shape index (κ3) is 4.36. The molecular weight excluding hydrogens is 339 g/mol. The Morgan fingerprint density at radius 2 is 1.74 bits per heavy atom. The van der Waals surface area contributed by atoms with Gasteiger partial charge in [0.2, 0.25) is 0 Å². The largest absolute Gasteiger partial charge is 0.495 e. The van der Waals surface area contributed by atoms with Gasteiger partial charge in [-0.25, -0.2) is 4.79 Å². The molecule has 1 aromatic carbocycles. The molecule has 0 spiro atoms. The molecule has 1 amide bonds. The summed E-state index contributed by atoms with van der Waals surface area (Å²) >= 11 is 12.5. The first-order valence-electron chi connectivity index (χ1n) is 7.48. The topological polar surface area (TPSA) is 42.0 Å². The Bertz CT molecular complexity index is 579. The highest BCUT2D eigenvalue weighted by atomic mass is 35.5. The molecule has 0 unspecified atom stereocenters. The van der Waals surface area contributed by atoms with Crippen LogP contribution >= 0.6 is 23.2 Å². The lowest BCUT2D eigenvalue weighted by Gasteiger charge is -2.37. The number of rotatable bonds is 2. The van der Waals surface area contributed by atoms with E-state index in [-0.39, 0.29) is 6.09 Å². The summed E-state index contributed by atoms with van der Waals surface area (Å²) in [6.45, 7) is 7.96. The zero-order valence-electron chi connectivity index (χ0n) is 13.9. The molecule has 1 heterocycles. The number of methoxy groups -OCH3 is 1. The van der Waals surface area contributed by atoms with E-state index in [0.717, 1.165) is 5.69 Å². The molecule has 0 radical (unpaired) electrons. The molecule has 1 aliphatic heterocycles. The quantitative estimate of drug-likeness (QED) is 0.797. The zero-order chi connectivity index (χ0) is 17.2. The van der Waals surface area contributed by atoms with Crippen molar-refractivity contribution in [3.8, 4) is 5.75 Å². The normalized spacial score (nSPS) is 15.6. The van der Waals surface area contributed by atoms with E-state index in [0.29, 0.717) is 42.0 Å². The third-order valence-corrected chi connectivity index (χ3v) is 4.29. The van der Waals surface area contributed by atoms with Gasteiger partial charge in [0, 0.05) is 26.2 Å². The van der Waals surface area contributed by atoms with Gasteiger partial charge in [0.05, 0.1) is 22.8 Å². The van der Waals surface area contributed by atoms with Crippen LogP contribution in [0.1, 0.15) is 20.8 Å². The average Bonchev–Trinajstić information content (AvgIpc) is 2.48. The standard InChI is InChI=1S/C16H22Cl2N2O3/c1-16(2,3)23-15(21)20-9-7-19(8-10-20)14-12(22-4)6-5-11(17)13(14)18/h5-6H,7-10H2,1-4H3. The molecule has 2 rings (SSSR count). The van der Waals surface area contributed by atoms with Crippen molar-refractivity contribution in [3.63, 3.8) is 0 Å². The molecule has 128 valence electrons. The fourth-order valence-corrected chi connectivity index (χ4v) is 2.85. The van der Waals surface area contributed by atoms with E-state index in [2.05, 4.69) is 4.90 Å². The van der Waals surface area contributed by atoms with Gasteiger partial charge in [-0.3, -0.25) is 0 Å². The highest BCUT2D eigenvalue weighted by molar-refractivity contribution is 6.44. The van der Waals surface area contributed by atoms with E-state index in [1.165, 1.54) is 0 Å². The molecule has 5 nitrogen and oxygen atoms in total. The van der Waals surface area contributed by atoms with Crippen molar-refractivity contribution in [2.45, 2.75) is 26.4 Å². The van der Waals surface area contributed by atoms with Gasteiger partial charge >= 0.3 is 6.09 Å². The fourth-order valence-electron chi connectivity index (χ4n) is 2.42. The minimum absolute atomic E-state index is 0.290. The molecule has 0 bridgehead atoms. The molecular formula is C16H22Cl2N2O3. The second-order valence-corrected chi connectivity index (χ2v) is 7.15. The van der Waals surface area contributed by atoms with Crippen LogP contribution in [0, 0.1) is 0 Å². The molecule has 0 atom stereocenters. The van der Waals surface area contributed by atoms with E-state index >= 15 is 0 Å². The van der Waals surface area contributed by atoms with E-state index < -0.39 is 5.60 Å². The van der Waals surface area contributed by atoms with Gasteiger partial charge in [-0.1, -0.05) is 23.2 Å².